The van der Waals surface area contributed by atoms with Crippen molar-refractivity contribution >= 4 is 5.97 Å². The number of carbonyl (C=O) groups is 1. The Bertz CT molecular complexity index is 519. The number of unbranched alkanes of at least 4 members (excludes halogenated alkanes) is 8. The summed E-state index contributed by atoms with van der Waals surface area (Å²) in [5.74, 6) is 0.0593. The highest BCUT2D eigenvalue weighted by molar-refractivity contribution is 5.92. The van der Waals surface area contributed by atoms with Gasteiger partial charge in [0.05, 0.1) is 59.5 Å². The van der Waals surface area contributed by atoms with Crippen LogP contribution >= 0.6 is 0 Å². The molecule has 33 heavy (non-hydrogen) atoms. The third-order valence-corrected chi connectivity index (χ3v) is 5.22. The van der Waals surface area contributed by atoms with Crippen molar-refractivity contribution < 1.29 is 33.2 Å². The Labute approximate surface area is 200 Å². The van der Waals surface area contributed by atoms with Gasteiger partial charge < -0.3 is 28.4 Å². The van der Waals surface area contributed by atoms with E-state index in [1.165, 1.54) is 51.4 Å². The van der Waals surface area contributed by atoms with Gasteiger partial charge in [0.1, 0.15) is 5.76 Å². The van der Waals surface area contributed by atoms with E-state index in [0.29, 0.717) is 77.2 Å². The number of rotatable bonds is 25. The second kappa shape index (κ2) is 22.5. The predicted octanol–water partition coefficient (Wildman–Crippen LogP) is 4.99. The van der Waals surface area contributed by atoms with E-state index >= 15 is 0 Å². The Hall–Kier alpha value is -1.25. The fourth-order valence-electron chi connectivity index (χ4n) is 3.32. The summed E-state index contributed by atoms with van der Waals surface area (Å²) >= 11 is 0. The number of hydrogen-bond donors (Lipinski definition) is 0. The minimum absolute atomic E-state index is 0.331. The van der Waals surface area contributed by atoms with Gasteiger partial charge in [-0.05, 0) is 12.5 Å². The summed E-state index contributed by atoms with van der Waals surface area (Å²) in [7, 11) is 0. The predicted molar refractivity (Wildman–Crippen MR) is 129 cm³/mol. The van der Waals surface area contributed by atoms with Gasteiger partial charge >= 0.3 is 5.97 Å². The SMILES string of the molecule is C=C1C=C(CCOCCOCCOCCOCCOCCCCCCCCCCC)C(=O)O1. The summed E-state index contributed by atoms with van der Waals surface area (Å²) in [5, 5.41) is 0. The van der Waals surface area contributed by atoms with Crippen LogP contribution in [0.15, 0.2) is 24.0 Å². The molecular formula is C26H46O7. The minimum Gasteiger partial charge on any atom is -0.424 e. The fourth-order valence-corrected chi connectivity index (χ4v) is 3.32. The molecule has 0 unspecified atom stereocenters. The van der Waals surface area contributed by atoms with Crippen LogP contribution in [0.3, 0.4) is 0 Å². The van der Waals surface area contributed by atoms with Crippen LogP contribution in [-0.2, 0) is 33.2 Å². The van der Waals surface area contributed by atoms with Gasteiger partial charge in [-0.25, -0.2) is 4.79 Å². The molecule has 0 saturated heterocycles. The van der Waals surface area contributed by atoms with E-state index in [-0.39, 0.29) is 5.97 Å². The fraction of sp³-hybridized carbons (Fsp3) is 0.808. The molecule has 0 aromatic carbocycles. The van der Waals surface area contributed by atoms with Gasteiger partial charge in [0, 0.05) is 18.6 Å². The van der Waals surface area contributed by atoms with Crippen LogP contribution in [0.4, 0.5) is 0 Å². The van der Waals surface area contributed by atoms with Crippen molar-refractivity contribution in [2.24, 2.45) is 0 Å². The van der Waals surface area contributed by atoms with Gasteiger partial charge in [0.2, 0.25) is 0 Å². The van der Waals surface area contributed by atoms with Gasteiger partial charge in [-0.3, -0.25) is 0 Å². The molecule has 0 saturated carbocycles. The van der Waals surface area contributed by atoms with Gasteiger partial charge in [-0.15, -0.1) is 0 Å². The van der Waals surface area contributed by atoms with E-state index < -0.39 is 0 Å². The highest BCUT2D eigenvalue weighted by Gasteiger charge is 2.18. The number of allylic oxidation sites excluding steroid dienone is 1. The molecule has 1 rings (SSSR count). The molecule has 0 atom stereocenters. The Balaban J connectivity index is 1.67. The lowest BCUT2D eigenvalue weighted by Crippen LogP contribution is -2.13. The van der Waals surface area contributed by atoms with Crippen LogP contribution in [0.2, 0.25) is 0 Å². The smallest absolute Gasteiger partial charge is 0.339 e. The maximum Gasteiger partial charge on any atom is 0.339 e. The zero-order valence-corrected chi connectivity index (χ0v) is 20.8. The molecule has 7 nitrogen and oxygen atoms in total. The van der Waals surface area contributed by atoms with Crippen LogP contribution in [0.25, 0.3) is 0 Å². The Morgan fingerprint density at radius 3 is 1.52 bits per heavy atom. The summed E-state index contributed by atoms with van der Waals surface area (Å²) in [6.07, 6.45) is 14.1. The summed E-state index contributed by atoms with van der Waals surface area (Å²) in [4.78, 5) is 11.4. The second-order valence-electron chi connectivity index (χ2n) is 8.17. The van der Waals surface area contributed by atoms with Crippen LogP contribution in [-0.4, -0.2) is 72.0 Å². The van der Waals surface area contributed by atoms with Crippen molar-refractivity contribution in [1.29, 1.82) is 0 Å². The lowest BCUT2D eigenvalue weighted by molar-refractivity contribution is -0.133. The van der Waals surface area contributed by atoms with Crippen LogP contribution in [0.1, 0.15) is 71.1 Å². The quantitative estimate of drug-likeness (QED) is 0.137. The van der Waals surface area contributed by atoms with E-state index in [0.717, 1.165) is 13.0 Å². The number of ether oxygens (including phenoxy) is 6. The van der Waals surface area contributed by atoms with Crippen LogP contribution in [0.5, 0.6) is 0 Å². The molecule has 0 N–H and O–H groups in total. The number of esters is 1. The molecule has 0 amide bonds. The van der Waals surface area contributed by atoms with Gasteiger partial charge in [0.25, 0.3) is 0 Å². The van der Waals surface area contributed by atoms with Crippen molar-refractivity contribution in [3.63, 3.8) is 0 Å². The monoisotopic (exact) mass is 470 g/mol. The normalized spacial score (nSPS) is 13.5. The van der Waals surface area contributed by atoms with E-state index in [1.54, 1.807) is 6.08 Å². The molecule has 0 fully saturated rings. The molecule has 0 aliphatic carbocycles. The lowest BCUT2D eigenvalue weighted by Gasteiger charge is -2.08. The van der Waals surface area contributed by atoms with Gasteiger partial charge in [-0.1, -0.05) is 64.9 Å². The van der Waals surface area contributed by atoms with Crippen LogP contribution < -0.4 is 0 Å². The van der Waals surface area contributed by atoms with E-state index in [1.807, 2.05) is 0 Å². The molecule has 0 aromatic rings. The van der Waals surface area contributed by atoms with Crippen molar-refractivity contribution in [1.82, 2.24) is 0 Å². The maximum absolute atomic E-state index is 11.4. The Kier molecular flexibility index (Phi) is 20.3. The van der Waals surface area contributed by atoms with Crippen LogP contribution in [0, 0.1) is 0 Å². The first kappa shape index (κ1) is 29.8. The molecule has 1 aliphatic rings. The lowest BCUT2D eigenvalue weighted by atomic mass is 10.1. The molecule has 7 heteroatoms. The molecule has 192 valence electrons. The number of hydrogen-bond acceptors (Lipinski definition) is 7. The molecule has 0 radical (unpaired) electrons. The zero-order chi connectivity index (χ0) is 23.8. The van der Waals surface area contributed by atoms with Crippen molar-refractivity contribution in [3.05, 3.63) is 24.0 Å². The summed E-state index contributed by atoms with van der Waals surface area (Å²) in [6.45, 7) is 11.5. The highest BCUT2D eigenvalue weighted by Crippen LogP contribution is 2.17. The Morgan fingerprint density at radius 2 is 1.06 bits per heavy atom. The summed E-state index contributed by atoms with van der Waals surface area (Å²) in [5.41, 5.74) is 0.599. The molecular weight excluding hydrogens is 424 g/mol. The third kappa shape index (κ3) is 18.8. The van der Waals surface area contributed by atoms with Crippen molar-refractivity contribution in [3.8, 4) is 0 Å². The highest BCUT2D eigenvalue weighted by atomic mass is 16.6. The topological polar surface area (TPSA) is 72.5 Å². The second-order valence-corrected chi connectivity index (χ2v) is 8.17. The summed E-state index contributed by atoms with van der Waals surface area (Å²) in [6, 6.07) is 0. The minimum atomic E-state index is -0.331. The molecule has 1 heterocycles. The average Bonchev–Trinajstić information content (AvgIpc) is 3.13. The maximum atomic E-state index is 11.4. The van der Waals surface area contributed by atoms with Crippen molar-refractivity contribution in [2.45, 2.75) is 71.1 Å². The first-order valence-electron chi connectivity index (χ1n) is 12.7. The number of cyclic esters (lactones) is 1. The standard InChI is InChI=1S/C26H46O7/c1-3-4-5-6-7-8-9-10-11-13-28-15-17-30-19-21-32-22-20-31-18-16-29-14-12-25-23-24(2)33-26(25)27/h23H,2-22H2,1H3. The number of carbonyl (C=O) groups excluding carboxylic acids is 1. The largest absolute Gasteiger partial charge is 0.424 e. The average molecular weight is 471 g/mol. The van der Waals surface area contributed by atoms with Gasteiger partial charge in [0.15, 0.2) is 0 Å². The van der Waals surface area contributed by atoms with Gasteiger partial charge in [-0.2, -0.15) is 0 Å². The summed E-state index contributed by atoms with van der Waals surface area (Å²) < 4.78 is 32.3. The van der Waals surface area contributed by atoms with E-state index in [9.17, 15) is 4.79 Å². The zero-order valence-electron chi connectivity index (χ0n) is 20.8. The van der Waals surface area contributed by atoms with E-state index in [4.69, 9.17) is 28.4 Å². The molecule has 0 aromatic heterocycles. The first-order valence-corrected chi connectivity index (χ1v) is 12.7. The molecule has 0 spiro atoms. The first-order chi connectivity index (χ1) is 16.2. The van der Waals surface area contributed by atoms with Crippen molar-refractivity contribution in [2.75, 3.05) is 66.1 Å². The van der Waals surface area contributed by atoms with E-state index in [2.05, 4.69) is 13.5 Å². The molecule has 1 aliphatic heterocycles. The Morgan fingerprint density at radius 1 is 0.636 bits per heavy atom. The molecule has 0 bridgehead atoms. The third-order valence-electron chi connectivity index (χ3n) is 5.22.